The fourth-order valence-corrected chi connectivity index (χ4v) is 2.59. The van der Waals surface area contributed by atoms with Crippen molar-refractivity contribution in [3.63, 3.8) is 0 Å². The van der Waals surface area contributed by atoms with Crippen molar-refractivity contribution in [3.8, 4) is 0 Å². The van der Waals surface area contributed by atoms with E-state index in [1.807, 2.05) is 25.2 Å². The average Bonchev–Trinajstić information content (AvgIpc) is 2.85. The van der Waals surface area contributed by atoms with Gasteiger partial charge in [-0.15, -0.1) is 0 Å². The molecule has 1 heterocycles. The molecule has 0 fully saturated rings. The third-order valence-electron chi connectivity index (χ3n) is 3.60. The standard InChI is InChI=1S/C16H18N2O/c1-18-15-12-9-5-6-10-13(12)19-16(15)14(17)11-7-3-2-4-8-11/h2-3,5-7,9-10,14,18H,4,8,17H2,1H3. The lowest BCUT2D eigenvalue weighted by atomic mass is 9.96. The highest BCUT2D eigenvalue weighted by Crippen LogP contribution is 2.37. The van der Waals surface area contributed by atoms with Gasteiger partial charge in [-0.2, -0.15) is 0 Å². The molecule has 0 spiro atoms. The molecule has 0 radical (unpaired) electrons. The van der Waals surface area contributed by atoms with Crippen molar-refractivity contribution in [3.05, 3.63) is 53.8 Å². The summed E-state index contributed by atoms with van der Waals surface area (Å²) in [6, 6.07) is 7.83. The zero-order valence-electron chi connectivity index (χ0n) is 11.0. The molecule has 98 valence electrons. The van der Waals surface area contributed by atoms with Crippen LogP contribution in [-0.2, 0) is 0 Å². The lowest BCUT2D eigenvalue weighted by Crippen LogP contribution is -2.14. The number of furan rings is 1. The van der Waals surface area contributed by atoms with E-state index in [1.165, 1.54) is 5.57 Å². The van der Waals surface area contributed by atoms with Gasteiger partial charge in [0.25, 0.3) is 0 Å². The molecule has 1 aliphatic carbocycles. The van der Waals surface area contributed by atoms with Gasteiger partial charge in [0.15, 0.2) is 0 Å². The fourth-order valence-electron chi connectivity index (χ4n) is 2.59. The van der Waals surface area contributed by atoms with Crippen LogP contribution in [0.2, 0.25) is 0 Å². The summed E-state index contributed by atoms with van der Waals surface area (Å²) in [6.07, 6.45) is 8.38. The molecule has 1 unspecified atom stereocenters. The minimum atomic E-state index is -0.181. The second kappa shape index (κ2) is 4.94. The Balaban J connectivity index is 2.08. The van der Waals surface area contributed by atoms with Crippen LogP contribution in [0.15, 0.2) is 52.5 Å². The largest absolute Gasteiger partial charge is 0.457 e. The number of nitrogens with one attached hydrogen (secondary N) is 1. The Morgan fingerprint density at radius 1 is 1.32 bits per heavy atom. The Morgan fingerprint density at radius 3 is 2.89 bits per heavy atom. The Bertz CT molecular complexity index is 652. The quantitative estimate of drug-likeness (QED) is 0.877. The van der Waals surface area contributed by atoms with Gasteiger partial charge in [-0.25, -0.2) is 0 Å². The van der Waals surface area contributed by atoms with E-state index in [1.54, 1.807) is 0 Å². The molecular formula is C16H18N2O. The number of rotatable bonds is 3. The van der Waals surface area contributed by atoms with Crippen molar-refractivity contribution in [1.29, 1.82) is 0 Å². The molecule has 3 rings (SSSR count). The molecule has 3 heteroatoms. The normalized spacial score (nSPS) is 16.4. The van der Waals surface area contributed by atoms with Crippen LogP contribution in [0.1, 0.15) is 24.6 Å². The van der Waals surface area contributed by atoms with E-state index >= 15 is 0 Å². The van der Waals surface area contributed by atoms with Gasteiger partial charge in [0.05, 0.1) is 11.7 Å². The van der Waals surface area contributed by atoms with Gasteiger partial charge < -0.3 is 15.5 Å². The number of para-hydroxylation sites is 1. The van der Waals surface area contributed by atoms with Gasteiger partial charge in [-0.1, -0.05) is 30.4 Å². The Hall–Kier alpha value is -2.00. The van der Waals surface area contributed by atoms with Crippen molar-refractivity contribution in [2.75, 3.05) is 12.4 Å². The van der Waals surface area contributed by atoms with Crippen molar-refractivity contribution >= 4 is 16.7 Å². The van der Waals surface area contributed by atoms with Gasteiger partial charge in [-0.05, 0) is 30.5 Å². The molecule has 0 saturated heterocycles. The SMILES string of the molecule is CNc1c(C(N)C2=CC=CCC2)oc2ccccc12. The summed E-state index contributed by atoms with van der Waals surface area (Å²) in [5.41, 5.74) is 9.47. The van der Waals surface area contributed by atoms with Crippen molar-refractivity contribution in [2.24, 2.45) is 5.73 Å². The summed E-state index contributed by atoms with van der Waals surface area (Å²) >= 11 is 0. The summed E-state index contributed by atoms with van der Waals surface area (Å²) in [5.74, 6) is 0.824. The second-order valence-electron chi connectivity index (χ2n) is 4.77. The topological polar surface area (TPSA) is 51.2 Å². The van der Waals surface area contributed by atoms with Gasteiger partial charge in [0.1, 0.15) is 11.3 Å². The zero-order valence-corrected chi connectivity index (χ0v) is 11.0. The van der Waals surface area contributed by atoms with Gasteiger partial charge in [0, 0.05) is 12.4 Å². The average molecular weight is 254 g/mol. The van der Waals surface area contributed by atoms with E-state index in [2.05, 4.69) is 29.6 Å². The van der Waals surface area contributed by atoms with E-state index < -0.39 is 0 Å². The first-order chi connectivity index (χ1) is 9.31. The molecule has 3 N–H and O–H groups in total. The predicted octanol–water partition coefficient (Wildman–Crippen LogP) is 3.75. The van der Waals surface area contributed by atoms with E-state index in [9.17, 15) is 0 Å². The van der Waals surface area contributed by atoms with Crippen LogP contribution in [-0.4, -0.2) is 7.05 Å². The lowest BCUT2D eigenvalue weighted by molar-refractivity contribution is 0.517. The Labute approximate surface area is 112 Å². The highest BCUT2D eigenvalue weighted by molar-refractivity contribution is 5.92. The van der Waals surface area contributed by atoms with Crippen LogP contribution < -0.4 is 11.1 Å². The van der Waals surface area contributed by atoms with Crippen LogP contribution >= 0.6 is 0 Å². The predicted molar refractivity (Wildman–Crippen MR) is 79.1 cm³/mol. The molecular weight excluding hydrogens is 236 g/mol. The molecule has 0 bridgehead atoms. The summed E-state index contributed by atoms with van der Waals surface area (Å²) < 4.78 is 5.95. The lowest BCUT2D eigenvalue weighted by Gasteiger charge is -2.16. The smallest absolute Gasteiger partial charge is 0.149 e. The Kier molecular flexibility index (Phi) is 3.13. The third-order valence-corrected chi connectivity index (χ3v) is 3.60. The first-order valence-electron chi connectivity index (χ1n) is 6.61. The number of hydrogen-bond donors (Lipinski definition) is 2. The molecule has 3 nitrogen and oxygen atoms in total. The van der Waals surface area contributed by atoms with E-state index in [4.69, 9.17) is 10.2 Å². The maximum absolute atomic E-state index is 6.37. The molecule has 1 aromatic carbocycles. The zero-order chi connectivity index (χ0) is 13.2. The monoisotopic (exact) mass is 254 g/mol. The van der Waals surface area contributed by atoms with Crippen molar-refractivity contribution in [2.45, 2.75) is 18.9 Å². The van der Waals surface area contributed by atoms with Gasteiger partial charge >= 0.3 is 0 Å². The van der Waals surface area contributed by atoms with Crippen LogP contribution in [0, 0.1) is 0 Å². The number of anilines is 1. The minimum Gasteiger partial charge on any atom is -0.457 e. The minimum absolute atomic E-state index is 0.181. The summed E-state index contributed by atoms with van der Waals surface area (Å²) in [5, 5.41) is 4.31. The Morgan fingerprint density at radius 2 is 2.16 bits per heavy atom. The highest BCUT2D eigenvalue weighted by atomic mass is 16.3. The summed E-state index contributed by atoms with van der Waals surface area (Å²) in [6.45, 7) is 0. The molecule has 1 atom stereocenters. The molecule has 0 aliphatic heterocycles. The van der Waals surface area contributed by atoms with Crippen LogP contribution in [0.4, 0.5) is 5.69 Å². The number of hydrogen-bond acceptors (Lipinski definition) is 3. The van der Waals surface area contributed by atoms with E-state index in [0.29, 0.717) is 0 Å². The highest BCUT2D eigenvalue weighted by Gasteiger charge is 2.22. The second-order valence-corrected chi connectivity index (χ2v) is 4.77. The third kappa shape index (κ3) is 2.06. The number of nitrogens with two attached hydrogens (primary N) is 1. The van der Waals surface area contributed by atoms with Crippen LogP contribution in [0.25, 0.3) is 11.0 Å². The molecule has 19 heavy (non-hydrogen) atoms. The van der Waals surface area contributed by atoms with E-state index in [0.717, 1.165) is 35.3 Å². The van der Waals surface area contributed by atoms with Crippen LogP contribution in [0.3, 0.4) is 0 Å². The van der Waals surface area contributed by atoms with Crippen LogP contribution in [0.5, 0.6) is 0 Å². The number of fused-ring (bicyclic) bond motifs is 1. The van der Waals surface area contributed by atoms with Gasteiger partial charge in [-0.3, -0.25) is 0 Å². The van der Waals surface area contributed by atoms with Gasteiger partial charge in [0.2, 0.25) is 0 Å². The molecule has 1 aromatic heterocycles. The molecule has 1 aliphatic rings. The van der Waals surface area contributed by atoms with E-state index in [-0.39, 0.29) is 6.04 Å². The van der Waals surface area contributed by atoms with Crippen molar-refractivity contribution < 1.29 is 4.42 Å². The first-order valence-corrected chi connectivity index (χ1v) is 6.61. The maximum Gasteiger partial charge on any atom is 0.149 e. The summed E-state index contributed by atoms with van der Waals surface area (Å²) in [4.78, 5) is 0. The fraction of sp³-hybridized carbons (Fsp3) is 0.250. The first kappa shape index (κ1) is 12.1. The molecule has 0 saturated carbocycles. The number of benzene rings is 1. The van der Waals surface area contributed by atoms with Crippen molar-refractivity contribution in [1.82, 2.24) is 0 Å². The maximum atomic E-state index is 6.37. The molecule has 2 aromatic rings. The summed E-state index contributed by atoms with van der Waals surface area (Å²) in [7, 11) is 1.91. The molecule has 0 amide bonds. The number of allylic oxidation sites excluding steroid dienone is 3.